The Morgan fingerprint density at radius 1 is 1.05 bits per heavy atom. The maximum Gasteiger partial charge on any atom is 0.316 e. The average Bonchev–Trinajstić information content (AvgIpc) is 3.52. The number of hydrogen-bond acceptors (Lipinski definition) is 5. The Kier molecular flexibility index (Phi) is 7.00. The Labute approximate surface area is 219 Å². The zero-order valence-electron chi connectivity index (χ0n) is 20.9. The van der Waals surface area contributed by atoms with Crippen LogP contribution < -0.4 is 5.32 Å². The number of nitrogens with zero attached hydrogens (tertiary/aromatic N) is 1. The van der Waals surface area contributed by atoms with E-state index in [4.69, 9.17) is 25.8 Å². The molecule has 2 aliphatic rings. The summed E-state index contributed by atoms with van der Waals surface area (Å²) in [6, 6.07) is 12.3. The van der Waals surface area contributed by atoms with Crippen LogP contribution in [0.3, 0.4) is 0 Å². The summed E-state index contributed by atoms with van der Waals surface area (Å²) in [6.07, 6.45) is 1.70. The zero-order chi connectivity index (χ0) is 26.2. The first-order valence-corrected chi connectivity index (χ1v) is 12.9. The lowest BCUT2D eigenvalue weighted by molar-refractivity contribution is -0.154. The van der Waals surface area contributed by atoms with Crippen molar-refractivity contribution in [3.63, 3.8) is 0 Å². The minimum atomic E-state index is -0.743. The molecule has 1 atom stereocenters. The van der Waals surface area contributed by atoms with Crippen molar-refractivity contribution in [2.24, 2.45) is 7.05 Å². The van der Waals surface area contributed by atoms with Crippen LogP contribution in [0.25, 0.3) is 10.9 Å². The Bertz CT molecular complexity index is 1320. The number of hydrogen-bond donors (Lipinski definition) is 1. The molecule has 0 saturated carbocycles. The Morgan fingerprint density at radius 2 is 1.73 bits per heavy atom. The van der Waals surface area contributed by atoms with Crippen LogP contribution in [0.4, 0.5) is 4.39 Å². The molecule has 2 fully saturated rings. The molecular formula is C28H30ClFN2O5. The molecule has 1 aromatic heterocycles. The summed E-state index contributed by atoms with van der Waals surface area (Å²) in [7, 11) is 1.75. The van der Waals surface area contributed by atoms with Crippen LogP contribution in [0, 0.1) is 5.82 Å². The number of carbonyl (C=O) groups is 2. The molecule has 3 heterocycles. The summed E-state index contributed by atoms with van der Waals surface area (Å²) in [5.41, 5.74) is 1.31. The highest BCUT2D eigenvalue weighted by atomic mass is 35.5. The highest BCUT2D eigenvalue weighted by Gasteiger charge is 2.44. The van der Waals surface area contributed by atoms with Crippen molar-refractivity contribution < 1.29 is 28.2 Å². The summed E-state index contributed by atoms with van der Waals surface area (Å²) in [6.45, 7) is 3.92. The fourth-order valence-electron chi connectivity index (χ4n) is 5.52. The average molecular weight is 529 g/mol. The molecule has 0 radical (unpaired) electrons. The van der Waals surface area contributed by atoms with Crippen molar-refractivity contribution in [2.75, 3.05) is 33.0 Å². The summed E-state index contributed by atoms with van der Waals surface area (Å²) in [5.74, 6) is -1.07. The third-order valence-corrected chi connectivity index (χ3v) is 8.11. The summed E-state index contributed by atoms with van der Waals surface area (Å²) < 4.78 is 32.4. The first-order valence-electron chi connectivity index (χ1n) is 12.5. The number of ether oxygens (including phenoxy) is 3. The van der Waals surface area contributed by atoms with Gasteiger partial charge in [-0.1, -0.05) is 35.9 Å². The molecule has 196 valence electrons. The van der Waals surface area contributed by atoms with Gasteiger partial charge in [-0.05, 0) is 49.1 Å². The number of aryl methyl sites for hydroxylation is 1. The molecule has 9 heteroatoms. The van der Waals surface area contributed by atoms with E-state index in [0.717, 1.165) is 11.1 Å². The van der Waals surface area contributed by atoms with E-state index in [9.17, 15) is 14.0 Å². The minimum absolute atomic E-state index is 0.00899. The molecule has 3 aromatic rings. The Balaban J connectivity index is 1.45. The van der Waals surface area contributed by atoms with Crippen molar-refractivity contribution in [1.82, 2.24) is 9.88 Å². The smallest absolute Gasteiger partial charge is 0.316 e. The minimum Gasteiger partial charge on any atom is -0.465 e. The monoisotopic (exact) mass is 528 g/mol. The zero-order valence-corrected chi connectivity index (χ0v) is 21.7. The molecule has 37 heavy (non-hydrogen) atoms. The van der Waals surface area contributed by atoms with Crippen molar-refractivity contribution in [2.45, 2.75) is 37.1 Å². The second-order valence-electron chi connectivity index (χ2n) is 9.71. The summed E-state index contributed by atoms with van der Waals surface area (Å²) in [4.78, 5) is 26.5. The number of carbonyl (C=O) groups excluding carboxylic acids is 2. The van der Waals surface area contributed by atoms with Crippen LogP contribution in [0.5, 0.6) is 0 Å². The van der Waals surface area contributed by atoms with Gasteiger partial charge in [-0.15, -0.1) is 0 Å². The molecule has 2 aromatic carbocycles. The van der Waals surface area contributed by atoms with Gasteiger partial charge >= 0.3 is 5.97 Å². The van der Waals surface area contributed by atoms with E-state index in [0.29, 0.717) is 68.9 Å². The number of rotatable bonds is 6. The van der Waals surface area contributed by atoms with E-state index in [-0.39, 0.29) is 16.9 Å². The van der Waals surface area contributed by atoms with Crippen LogP contribution in [0.15, 0.2) is 42.5 Å². The van der Waals surface area contributed by atoms with Gasteiger partial charge in [0.25, 0.3) is 5.91 Å². The van der Waals surface area contributed by atoms with Gasteiger partial charge in [-0.2, -0.15) is 0 Å². The predicted molar refractivity (Wildman–Crippen MR) is 137 cm³/mol. The summed E-state index contributed by atoms with van der Waals surface area (Å²) >= 11 is 6.16. The van der Waals surface area contributed by atoms with E-state index >= 15 is 0 Å². The van der Waals surface area contributed by atoms with Crippen LogP contribution in [0.2, 0.25) is 5.02 Å². The highest BCUT2D eigenvalue weighted by molar-refractivity contribution is 6.35. The highest BCUT2D eigenvalue weighted by Crippen LogP contribution is 2.39. The standard InChI is InChI=1S/C28H30ClFN2O5/c1-3-37-26(34)27(10-13-35-14-11-27)18-4-6-19(7-5-18)28(12-15-36-17-28)31-25(33)23-16-20-22(32(23)2)9-8-21(30)24(20)29/h4-9,16H,3,10-15,17H2,1-2H3,(H,31,33). The molecule has 2 aliphatic heterocycles. The fourth-order valence-corrected chi connectivity index (χ4v) is 5.73. The molecule has 5 rings (SSSR count). The first kappa shape index (κ1) is 25.7. The molecule has 0 bridgehead atoms. The second kappa shape index (κ2) is 10.1. The largest absolute Gasteiger partial charge is 0.465 e. The van der Waals surface area contributed by atoms with Crippen LogP contribution in [-0.4, -0.2) is 49.5 Å². The van der Waals surface area contributed by atoms with Gasteiger partial charge in [-0.3, -0.25) is 9.59 Å². The third kappa shape index (κ3) is 4.41. The molecule has 1 amide bonds. The normalized spacial score (nSPS) is 21.2. The van der Waals surface area contributed by atoms with Crippen LogP contribution >= 0.6 is 11.6 Å². The Hall–Kier alpha value is -2.94. The predicted octanol–water partition coefficient (Wildman–Crippen LogP) is 4.63. The van der Waals surface area contributed by atoms with Crippen LogP contribution in [-0.2, 0) is 37.0 Å². The lowest BCUT2D eigenvalue weighted by Crippen LogP contribution is -2.47. The molecular weight excluding hydrogens is 499 g/mol. The number of amides is 1. The number of aromatic nitrogens is 1. The maximum atomic E-state index is 14.0. The quantitative estimate of drug-likeness (QED) is 0.472. The third-order valence-electron chi connectivity index (χ3n) is 7.72. The molecule has 0 spiro atoms. The van der Waals surface area contributed by atoms with Gasteiger partial charge in [0.05, 0.1) is 34.7 Å². The number of fused-ring (bicyclic) bond motifs is 1. The molecule has 0 aliphatic carbocycles. The van der Waals surface area contributed by atoms with E-state index in [1.54, 1.807) is 30.7 Å². The van der Waals surface area contributed by atoms with Crippen molar-refractivity contribution >= 4 is 34.4 Å². The van der Waals surface area contributed by atoms with Gasteiger partial charge < -0.3 is 24.1 Å². The van der Waals surface area contributed by atoms with Crippen molar-refractivity contribution in [3.05, 3.63) is 70.1 Å². The SMILES string of the molecule is CCOC(=O)C1(c2ccc(C3(NC(=O)c4cc5c(Cl)c(F)ccc5n4C)CCOC3)cc2)CCOCC1. The number of halogens is 2. The molecule has 1 N–H and O–H groups in total. The fraction of sp³-hybridized carbons (Fsp3) is 0.429. The molecule has 7 nitrogen and oxygen atoms in total. The maximum absolute atomic E-state index is 14.0. The number of esters is 1. The first-order chi connectivity index (χ1) is 17.8. The Morgan fingerprint density at radius 3 is 2.38 bits per heavy atom. The van der Waals surface area contributed by atoms with Crippen molar-refractivity contribution in [1.29, 1.82) is 0 Å². The van der Waals surface area contributed by atoms with E-state index in [1.165, 1.54) is 6.07 Å². The van der Waals surface area contributed by atoms with Crippen molar-refractivity contribution in [3.8, 4) is 0 Å². The number of benzene rings is 2. The number of nitrogens with one attached hydrogen (secondary N) is 1. The topological polar surface area (TPSA) is 78.8 Å². The summed E-state index contributed by atoms with van der Waals surface area (Å²) in [5, 5.41) is 3.65. The van der Waals surface area contributed by atoms with Gasteiger partial charge in [0, 0.05) is 38.7 Å². The van der Waals surface area contributed by atoms with E-state index < -0.39 is 16.8 Å². The van der Waals surface area contributed by atoms with Crippen LogP contribution in [0.1, 0.15) is 47.8 Å². The van der Waals surface area contributed by atoms with Gasteiger partial charge in [0.1, 0.15) is 11.5 Å². The lowest BCUT2D eigenvalue weighted by Gasteiger charge is -2.36. The van der Waals surface area contributed by atoms with E-state index in [2.05, 4.69) is 5.32 Å². The van der Waals surface area contributed by atoms with Gasteiger partial charge in [0.2, 0.25) is 0 Å². The van der Waals surface area contributed by atoms with E-state index in [1.807, 2.05) is 24.3 Å². The molecule has 1 unspecified atom stereocenters. The lowest BCUT2D eigenvalue weighted by atomic mass is 9.73. The van der Waals surface area contributed by atoms with Gasteiger partial charge in [0.15, 0.2) is 0 Å². The molecule has 2 saturated heterocycles. The van der Waals surface area contributed by atoms with Gasteiger partial charge in [-0.25, -0.2) is 4.39 Å². The second-order valence-corrected chi connectivity index (χ2v) is 10.1.